The molecule has 1 N–H and O–H groups in total. The van der Waals surface area contributed by atoms with Crippen molar-refractivity contribution < 1.29 is 14.6 Å². The normalized spacial score (nSPS) is 25.7. The van der Waals surface area contributed by atoms with Crippen molar-refractivity contribution in [1.29, 1.82) is 0 Å². The molecular weight excluding hydrogens is 280 g/mol. The molecular formula is C12H18N4O3S. The van der Waals surface area contributed by atoms with Gasteiger partial charge in [0, 0.05) is 24.9 Å². The Bertz CT molecular complexity index is 481. The van der Waals surface area contributed by atoms with Crippen LogP contribution in [0, 0.1) is 5.41 Å². The number of carboxylic acids is 1. The molecule has 0 saturated carbocycles. The van der Waals surface area contributed by atoms with Crippen molar-refractivity contribution in [3.63, 3.8) is 0 Å². The molecule has 2 aliphatic heterocycles. The molecule has 1 unspecified atom stereocenters. The minimum absolute atomic E-state index is 0.342. The molecule has 1 atom stereocenters. The van der Waals surface area contributed by atoms with Gasteiger partial charge in [-0.2, -0.15) is 11.8 Å². The van der Waals surface area contributed by atoms with Crippen LogP contribution in [0.25, 0.3) is 0 Å². The number of thioether (sulfide) groups is 1. The molecule has 1 aromatic heterocycles. The molecule has 0 bridgehead atoms. The molecule has 0 spiro atoms. The second kappa shape index (κ2) is 5.69. The fourth-order valence-electron chi connectivity index (χ4n) is 2.84. The molecule has 2 aliphatic rings. The number of aliphatic carboxylic acids is 1. The molecule has 0 aliphatic carbocycles. The van der Waals surface area contributed by atoms with Crippen LogP contribution in [-0.2, 0) is 16.1 Å². The van der Waals surface area contributed by atoms with Crippen LogP contribution in [0.5, 0.6) is 0 Å². The quantitative estimate of drug-likeness (QED) is 0.878. The van der Waals surface area contributed by atoms with E-state index in [2.05, 4.69) is 15.5 Å². The molecule has 20 heavy (non-hydrogen) atoms. The van der Waals surface area contributed by atoms with E-state index in [-0.39, 0.29) is 0 Å². The number of hydrogen-bond donors (Lipinski definition) is 1. The van der Waals surface area contributed by atoms with E-state index in [1.165, 1.54) is 0 Å². The number of carboxylic acid groups (broad SMARTS) is 1. The SMILES string of the molecule is O=C(O)C1(Cn2nnnc2C2CCSC2)CCOCC1. The third kappa shape index (κ3) is 2.54. The Morgan fingerprint density at radius 1 is 1.50 bits per heavy atom. The highest BCUT2D eigenvalue weighted by molar-refractivity contribution is 7.99. The van der Waals surface area contributed by atoms with Gasteiger partial charge in [-0.05, 0) is 35.4 Å². The highest BCUT2D eigenvalue weighted by Gasteiger charge is 2.42. The fraction of sp³-hybridized carbons (Fsp3) is 0.833. The summed E-state index contributed by atoms with van der Waals surface area (Å²) in [6, 6.07) is 0. The first-order chi connectivity index (χ1) is 9.71. The average Bonchev–Trinajstić information content (AvgIpc) is 3.10. The van der Waals surface area contributed by atoms with E-state index in [4.69, 9.17) is 4.74 Å². The monoisotopic (exact) mass is 298 g/mol. The first-order valence-corrected chi connectivity index (χ1v) is 8.02. The largest absolute Gasteiger partial charge is 0.481 e. The van der Waals surface area contributed by atoms with Gasteiger partial charge in [0.05, 0.1) is 12.0 Å². The highest BCUT2D eigenvalue weighted by Crippen LogP contribution is 2.35. The first kappa shape index (κ1) is 13.8. The van der Waals surface area contributed by atoms with Crippen molar-refractivity contribution in [1.82, 2.24) is 20.2 Å². The maximum absolute atomic E-state index is 11.7. The van der Waals surface area contributed by atoms with E-state index < -0.39 is 11.4 Å². The van der Waals surface area contributed by atoms with E-state index in [1.807, 2.05) is 11.8 Å². The third-order valence-electron chi connectivity index (χ3n) is 4.21. The fourth-order valence-corrected chi connectivity index (χ4v) is 4.06. The van der Waals surface area contributed by atoms with Crippen LogP contribution < -0.4 is 0 Å². The zero-order valence-corrected chi connectivity index (χ0v) is 12.0. The number of nitrogens with zero attached hydrogens (tertiary/aromatic N) is 4. The predicted octanol–water partition coefficient (Wildman–Crippen LogP) is 0.775. The van der Waals surface area contributed by atoms with E-state index in [0.717, 1.165) is 23.8 Å². The number of aromatic nitrogens is 4. The van der Waals surface area contributed by atoms with Crippen LogP contribution in [0.1, 0.15) is 31.0 Å². The minimum atomic E-state index is -0.797. The molecule has 0 amide bonds. The highest BCUT2D eigenvalue weighted by atomic mass is 32.2. The third-order valence-corrected chi connectivity index (χ3v) is 5.37. The lowest BCUT2D eigenvalue weighted by molar-refractivity contribution is -0.156. The standard InChI is InChI=1S/C12H18N4O3S/c17-11(18)12(2-4-19-5-3-12)8-16-10(13-14-15-16)9-1-6-20-7-9/h9H,1-8H2,(H,17,18). The minimum Gasteiger partial charge on any atom is -0.481 e. The van der Waals surface area contributed by atoms with Crippen molar-refractivity contribution >= 4 is 17.7 Å². The summed E-state index contributed by atoms with van der Waals surface area (Å²) >= 11 is 1.90. The second-order valence-electron chi connectivity index (χ2n) is 5.45. The van der Waals surface area contributed by atoms with Gasteiger partial charge in [0.15, 0.2) is 5.82 Å². The summed E-state index contributed by atoms with van der Waals surface area (Å²) in [4.78, 5) is 11.7. The van der Waals surface area contributed by atoms with Crippen LogP contribution in [-0.4, -0.2) is 56.0 Å². The molecule has 8 heteroatoms. The molecule has 3 heterocycles. The van der Waals surface area contributed by atoms with Gasteiger partial charge in [0.2, 0.25) is 0 Å². The summed E-state index contributed by atoms with van der Waals surface area (Å²) in [5.74, 6) is 2.55. The van der Waals surface area contributed by atoms with E-state index in [9.17, 15) is 9.90 Å². The lowest BCUT2D eigenvalue weighted by atomic mass is 9.80. The van der Waals surface area contributed by atoms with Crippen molar-refractivity contribution in [2.45, 2.75) is 31.7 Å². The Hall–Kier alpha value is -1.15. The summed E-state index contributed by atoms with van der Waals surface area (Å²) in [6.45, 7) is 1.32. The van der Waals surface area contributed by atoms with Gasteiger partial charge in [-0.25, -0.2) is 4.68 Å². The Labute approximate surface area is 121 Å². The smallest absolute Gasteiger partial charge is 0.311 e. The molecule has 0 radical (unpaired) electrons. The van der Waals surface area contributed by atoms with Crippen LogP contribution in [0.3, 0.4) is 0 Å². The zero-order valence-electron chi connectivity index (χ0n) is 11.2. The number of hydrogen-bond acceptors (Lipinski definition) is 6. The van der Waals surface area contributed by atoms with Crippen molar-refractivity contribution in [2.24, 2.45) is 5.41 Å². The molecule has 1 aromatic rings. The van der Waals surface area contributed by atoms with Gasteiger partial charge in [0.1, 0.15) is 0 Å². The summed E-state index contributed by atoms with van der Waals surface area (Å²) < 4.78 is 7.00. The van der Waals surface area contributed by atoms with Crippen molar-refractivity contribution in [3.8, 4) is 0 Å². The zero-order chi connectivity index (χ0) is 14.0. The molecule has 110 valence electrons. The Morgan fingerprint density at radius 3 is 2.95 bits per heavy atom. The number of carbonyl (C=O) groups is 1. The Balaban J connectivity index is 1.82. The second-order valence-corrected chi connectivity index (χ2v) is 6.60. The Morgan fingerprint density at radius 2 is 2.30 bits per heavy atom. The lowest BCUT2D eigenvalue weighted by Crippen LogP contribution is -2.41. The summed E-state index contributed by atoms with van der Waals surface area (Å²) in [5.41, 5.74) is -0.797. The van der Waals surface area contributed by atoms with E-state index in [0.29, 0.717) is 38.5 Å². The molecule has 0 aromatic carbocycles. The van der Waals surface area contributed by atoms with Crippen molar-refractivity contribution in [3.05, 3.63) is 5.82 Å². The van der Waals surface area contributed by atoms with E-state index >= 15 is 0 Å². The first-order valence-electron chi connectivity index (χ1n) is 6.86. The molecule has 2 fully saturated rings. The summed E-state index contributed by atoms with van der Waals surface area (Å²) in [7, 11) is 0. The predicted molar refractivity (Wildman–Crippen MR) is 72.6 cm³/mol. The average molecular weight is 298 g/mol. The van der Waals surface area contributed by atoms with Gasteiger partial charge in [-0.15, -0.1) is 5.10 Å². The maximum Gasteiger partial charge on any atom is 0.311 e. The number of rotatable bonds is 4. The Kier molecular flexibility index (Phi) is 3.93. The van der Waals surface area contributed by atoms with E-state index in [1.54, 1.807) is 4.68 Å². The number of ether oxygens (including phenoxy) is 1. The molecule has 7 nitrogen and oxygen atoms in total. The molecule has 3 rings (SSSR count). The van der Waals surface area contributed by atoms with Gasteiger partial charge < -0.3 is 9.84 Å². The van der Waals surface area contributed by atoms with Gasteiger partial charge in [0.25, 0.3) is 0 Å². The van der Waals surface area contributed by atoms with Crippen LogP contribution in [0.4, 0.5) is 0 Å². The van der Waals surface area contributed by atoms with Crippen LogP contribution in [0.15, 0.2) is 0 Å². The summed E-state index contributed by atoms with van der Waals surface area (Å²) in [6.07, 6.45) is 2.09. The lowest BCUT2D eigenvalue weighted by Gasteiger charge is -2.33. The summed E-state index contributed by atoms with van der Waals surface area (Å²) in [5, 5.41) is 21.5. The van der Waals surface area contributed by atoms with Gasteiger partial charge in [-0.3, -0.25) is 4.79 Å². The topological polar surface area (TPSA) is 90.1 Å². The van der Waals surface area contributed by atoms with Gasteiger partial charge in [-0.1, -0.05) is 0 Å². The van der Waals surface area contributed by atoms with Crippen LogP contribution >= 0.6 is 11.8 Å². The maximum atomic E-state index is 11.7. The van der Waals surface area contributed by atoms with Crippen molar-refractivity contribution in [2.75, 3.05) is 24.7 Å². The molecule has 2 saturated heterocycles. The van der Waals surface area contributed by atoms with Gasteiger partial charge >= 0.3 is 5.97 Å². The van der Waals surface area contributed by atoms with Crippen LogP contribution in [0.2, 0.25) is 0 Å². The number of tetrazole rings is 1.